The van der Waals surface area contributed by atoms with Crippen molar-refractivity contribution < 1.29 is 14.7 Å². The molecule has 1 aromatic heterocycles. The number of amides is 1. The third kappa shape index (κ3) is 4.33. The molecule has 0 aliphatic heterocycles. The summed E-state index contributed by atoms with van der Waals surface area (Å²) < 4.78 is 1.99. The molecule has 130 valence electrons. The van der Waals surface area contributed by atoms with Gasteiger partial charge in [-0.2, -0.15) is 5.10 Å². The van der Waals surface area contributed by atoms with Crippen LogP contribution in [-0.2, 0) is 22.6 Å². The number of likely N-dealkylation sites (N-methyl/N-ethyl adjacent to an activating group) is 1. The van der Waals surface area contributed by atoms with Crippen molar-refractivity contribution in [3.8, 4) is 0 Å². The number of hydrogen-bond acceptors (Lipinski definition) is 3. The van der Waals surface area contributed by atoms with E-state index < -0.39 is 11.5 Å². The summed E-state index contributed by atoms with van der Waals surface area (Å²) in [4.78, 5) is 24.9. The van der Waals surface area contributed by atoms with E-state index in [-0.39, 0.29) is 12.3 Å². The zero-order valence-corrected chi connectivity index (χ0v) is 15.3. The monoisotopic (exact) mass is 323 g/mol. The van der Waals surface area contributed by atoms with Crippen LogP contribution in [0, 0.1) is 19.8 Å². The molecule has 1 rings (SSSR count). The van der Waals surface area contributed by atoms with Gasteiger partial charge in [0.25, 0.3) is 0 Å². The first-order valence-corrected chi connectivity index (χ1v) is 8.01. The minimum atomic E-state index is -1.21. The largest absolute Gasteiger partial charge is 0.480 e. The Labute approximate surface area is 138 Å². The lowest BCUT2D eigenvalue weighted by atomic mass is 10.0. The molecule has 1 N–H and O–H groups in total. The van der Waals surface area contributed by atoms with E-state index in [1.54, 1.807) is 7.05 Å². The molecule has 0 radical (unpaired) electrons. The number of aliphatic carboxylic acids is 1. The van der Waals surface area contributed by atoms with E-state index in [4.69, 9.17) is 0 Å². The van der Waals surface area contributed by atoms with E-state index >= 15 is 0 Å². The number of rotatable bonds is 7. The number of aromatic nitrogens is 2. The Morgan fingerprint density at radius 3 is 2.35 bits per heavy atom. The average molecular weight is 323 g/mol. The van der Waals surface area contributed by atoms with Crippen molar-refractivity contribution in [2.24, 2.45) is 5.92 Å². The normalized spacial score (nSPS) is 11.8. The second-order valence-electron chi connectivity index (χ2n) is 7.04. The molecule has 0 aliphatic rings. The Hall–Kier alpha value is -1.85. The average Bonchev–Trinajstić information content (AvgIpc) is 2.69. The van der Waals surface area contributed by atoms with E-state index in [0.29, 0.717) is 12.3 Å². The lowest BCUT2D eigenvalue weighted by Crippen LogP contribution is -2.50. The molecule has 0 unspecified atom stereocenters. The van der Waals surface area contributed by atoms with Gasteiger partial charge in [-0.15, -0.1) is 0 Å². The zero-order chi connectivity index (χ0) is 17.9. The number of carboxylic acid groups (broad SMARTS) is 1. The summed E-state index contributed by atoms with van der Waals surface area (Å²) in [6.07, 6.45) is 0.858. The summed E-state index contributed by atoms with van der Waals surface area (Å²) in [5, 5.41) is 13.8. The predicted octanol–water partition coefficient (Wildman–Crippen LogP) is 2.41. The van der Waals surface area contributed by atoms with E-state index in [0.717, 1.165) is 23.5 Å². The van der Waals surface area contributed by atoms with Crippen molar-refractivity contribution in [2.75, 3.05) is 7.05 Å². The molecule has 6 nitrogen and oxygen atoms in total. The van der Waals surface area contributed by atoms with Crippen molar-refractivity contribution in [1.82, 2.24) is 14.7 Å². The molecule has 0 saturated carbocycles. The van der Waals surface area contributed by atoms with Gasteiger partial charge in [0, 0.05) is 25.7 Å². The number of carbonyl (C=O) groups excluding carboxylic acids is 1. The maximum Gasteiger partial charge on any atom is 0.329 e. The summed E-state index contributed by atoms with van der Waals surface area (Å²) in [6.45, 7) is 12.2. The summed E-state index contributed by atoms with van der Waals surface area (Å²) in [5.41, 5.74) is 1.91. The molecule has 1 aromatic rings. The number of carbonyl (C=O) groups is 2. The zero-order valence-electron chi connectivity index (χ0n) is 15.3. The van der Waals surface area contributed by atoms with Crippen LogP contribution in [0.4, 0.5) is 0 Å². The van der Waals surface area contributed by atoms with Crippen LogP contribution in [0.25, 0.3) is 0 Å². The molecule has 0 fully saturated rings. The van der Waals surface area contributed by atoms with Crippen LogP contribution in [0.5, 0.6) is 0 Å². The van der Waals surface area contributed by atoms with Gasteiger partial charge in [0.1, 0.15) is 5.54 Å². The molecule has 23 heavy (non-hydrogen) atoms. The minimum absolute atomic E-state index is 0.173. The third-order valence-corrected chi connectivity index (χ3v) is 4.39. The van der Waals surface area contributed by atoms with Crippen LogP contribution in [0.15, 0.2) is 0 Å². The van der Waals surface area contributed by atoms with Gasteiger partial charge in [0.2, 0.25) is 5.91 Å². The highest BCUT2D eigenvalue weighted by atomic mass is 16.4. The first-order valence-electron chi connectivity index (χ1n) is 8.01. The van der Waals surface area contributed by atoms with Crippen LogP contribution in [0.2, 0.25) is 0 Å². The summed E-state index contributed by atoms with van der Waals surface area (Å²) in [5.74, 6) is -0.678. The van der Waals surface area contributed by atoms with Gasteiger partial charge in [-0.05, 0) is 45.6 Å². The Morgan fingerprint density at radius 2 is 1.87 bits per heavy atom. The number of carboxylic acids is 1. The van der Waals surface area contributed by atoms with Crippen molar-refractivity contribution >= 4 is 11.9 Å². The van der Waals surface area contributed by atoms with Gasteiger partial charge in [-0.1, -0.05) is 13.8 Å². The van der Waals surface area contributed by atoms with Crippen molar-refractivity contribution in [1.29, 1.82) is 0 Å². The topological polar surface area (TPSA) is 75.4 Å². The van der Waals surface area contributed by atoms with Gasteiger partial charge < -0.3 is 10.0 Å². The van der Waals surface area contributed by atoms with Crippen molar-refractivity contribution in [2.45, 2.75) is 66.5 Å². The lowest BCUT2D eigenvalue weighted by molar-refractivity contribution is -0.155. The fourth-order valence-corrected chi connectivity index (χ4v) is 2.47. The molecule has 1 amide bonds. The van der Waals surface area contributed by atoms with E-state index in [9.17, 15) is 14.7 Å². The maximum atomic E-state index is 12.3. The summed E-state index contributed by atoms with van der Waals surface area (Å²) in [6, 6.07) is 0. The molecule has 0 saturated heterocycles. The Morgan fingerprint density at radius 1 is 1.30 bits per heavy atom. The molecule has 0 spiro atoms. The number of aryl methyl sites for hydroxylation is 1. The molecule has 0 atom stereocenters. The Bertz CT molecular complexity index is 588. The van der Waals surface area contributed by atoms with Gasteiger partial charge in [-0.25, -0.2) is 4.79 Å². The molecule has 1 heterocycles. The lowest BCUT2D eigenvalue weighted by Gasteiger charge is -2.31. The Kier molecular flexibility index (Phi) is 5.97. The van der Waals surface area contributed by atoms with Crippen LogP contribution < -0.4 is 0 Å². The van der Waals surface area contributed by atoms with Crippen LogP contribution in [0.1, 0.15) is 51.1 Å². The number of hydrogen-bond donors (Lipinski definition) is 1. The molecule has 0 aliphatic carbocycles. The fraction of sp³-hybridized carbons (Fsp3) is 0.706. The smallest absolute Gasteiger partial charge is 0.329 e. The third-order valence-electron chi connectivity index (χ3n) is 4.39. The maximum absolute atomic E-state index is 12.3. The molecule has 0 aromatic carbocycles. The first kappa shape index (κ1) is 19.2. The summed E-state index contributed by atoms with van der Waals surface area (Å²) in [7, 11) is 1.54. The van der Waals surface area contributed by atoms with Gasteiger partial charge in [-0.3, -0.25) is 9.48 Å². The second kappa shape index (κ2) is 7.15. The summed E-state index contributed by atoms with van der Waals surface area (Å²) >= 11 is 0. The quantitative estimate of drug-likeness (QED) is 0.836. The van der Waals surface area contributed by atoms with Crippen LogP contribution >= 0.6 is 0 Å². The minimum Gasteiger partial charge on any atom is -0.480 e. The van der Waals surface area contributed by atoms with Crippen LogP contribution in [0.3, 0.4) is 0 Å². The van der Waals surface area contributed by atoms with Crippen LogP contribution in [-0.4, -0.2) is 44.3 Å². The predicted molar refractivity (Wildman–Crippen MR) is 89.3 cm³/mol. The van der Waals surface area contributed by atoms with Gasteiger partial charge in [0.05, 0.1) is 5.69 Å². The van der Waals surface area contributed by atoms with Gasteiger partial charge in [0.15, 0.2) is 0 Å². The first-order chi connectivity index (χ1) is 10.5. The molecular weight excluding hydrogens is 294 g/mol. The highest BCUT2D eigenvalue weighted by Gasteiger charge is 2.34. The van der Waals surface area contributed by atoms with E-state index in [1.165, 1.54) is 18.7 Å². The Balaban J connectivity index is 2.81. The van der Waals surface area contributed by atoms with E-state index in [1.807, 2.05) is 18.5 Å². The van der Waals surface area contributed by atoms with Crippen molar-refractivity contribution in [3.05, 3.63) is 17.0 Å². The highest BCUT2D eigenvalue weighted by molar-refractivity contribution is 5.86. The molecule has 6 heteroatoms. The molecular formula is C17H29N3O3. The number of nitrogens with zero attached hydrogens (tertiary/aromatic N) is 3. The fourth-order valence-electron chi connectivity index (χ4n) is 2.47. The van der Waals surface area contributed by atoms with Crippen molar-refractivity contribution in [3.63, 3.8) is 0 Å². The van der Waals surface area contributed by atoms with E-state index in [2.05, 4.69) is 18.9 Å². The standard InChI is InChI=1S/C17H29N3O3/c1-11(2)10-20-13(4)14(12(3)18-20)8-9-15(21)19(7)17(5,6)16(22)23/h11H,8-10H2,1-7H3,(H,22,23). The highest BCUT2D eigenvalue weighted by Crippen LogP contribution is 2.19. The SMILES string of the molecule is Cc1nn(CC(C)C)c(C)c1CCC(=O)N(C)C(C)(C)C(=O)O. The van der Waals surface area contributed by atoms with Gasteiger partial charge >= 0.3 is 5.97 Å². The molecule has 0 bridgehead atoms. The second-order valence-corrected chi connectivity index (χ2v) is 7.04.